The first-order valence-electron chi connectivity index (χ1n) is 12.3. The standard InChI is InChI=1S/C29H30ClFN2O3/c1-17-12-24(25(31)14-23(17)21-13-22(30)16-32-15-21)28(20-6-3-4-7-20)29(36)33-26-9-5-8-19(18(26)2)10-11-27(34)35/h5,8-9,12-16,20,28H,3-4,6-7,10-11H2,1-2H3,(H,33,36)(H,34,35)/t28-/m1/s1. The molecule has 0 radical (unpaired) electrons. The molecule has 4 rings (SSSR count). The number of amides is 1. The van der Waals surface area contributed by atoms with Gasteiger partial charge < -0.3 is 10.4 Å². The molecule has 5 nitrogen and oxygen atoms in total. The van der Waals surface area contributed by atoms with Gasteiger partial charge in [-0.15, -0.1) is 0 Å². The molecular formula is C29H30ClFN2O3. The molecule has 2 aromatic carbocycles. The highest BCUT2D eigenvalue weighted by Gasteiger charge is 2.34. The highest BCUT2D eigenvalue weighted by atomic mass is 35.5. The van der Waals surface area contributed by atoms with E-state index in [1.165, 1.54) is 12.3 Å². The second-order valence-electron chi connectivity index (χ2n) is 9.58. The van der Waals surface area contributed by atoms with Crippen LogP contribution in [0.2, 0.25) is 5.02 Å². The number of nitrogens with one attached hydrogen (secondary N) is 1. The third kappa shape index (κ3) is 5.76. The number of carboxylic acid groups (broad SMARTS) is 1. The monoisotopic (exact) mass is 508 g/mol. The fourth-order valence-corrected chi connectivity index (χ4v) is 5.43. The van der Waals surface area contributed by atoms with Crippen molar-refractivity contribution in [3.63, 3.8) is 0 Å². The summed E-state index contributed by atoms with van der Waals surface area (Å²) in [7, 11) is 0. The number of benzene rings is 2. The normalized spacial score (nSPS) is 14.6. The van der Waals surface area contributed by atoms with Crippen LogP contribution in [0.5, 0.6) is 0 Å². The van der Waals surface area contributed by atoms with E-state index in [1.54, 1.807) is 24.4 Å². The Morgan fingerprint density at radius 2 is 1.92 bits per heavy atom. The van der Waals surface area contributed by atoms with Gasteiger partial charge in [-0.1, -0.05) is 42.6 Å². The maximum atomic E-state index is 15.6. The molecule has 0 bridgehead atoms. The number of pyridine rings is 1. The molecule has 36 heavy (non-hydrogen) atoms. The number of nitrogens with zero attached hydrogens (tertiary/aromatic N) is 1. The Labute approximate surface area is 215 Å². The number of carbonyl (C=O) groups excluding carboxylic acids is 1. The molecule has 1 heterocycles. The van der Waals surface area contributed by atoms with Gasteiger partial charge >= 0.3 is 5.97 Å². The first-order valence-corrected chi connectivity index (χ1v) is 12.6. The Bertz CT molecular complexity index is 1290. The number of carboxylic acids is 1. The van der Waals surface area contributed by atoms with Gasteiger partial charge in [-0.3, -0.25) is 14.6 Å². The van der Waals surface area contributed by atoms with Crippen molar-refractivity contribution < 1.29 is 19.1 Å². The average Bonchev–Trinajstić information content (AvgIpc) is 3.36. The van der Waals surface area contributed by atoms with Gasteiger partial charge in [0.15, 0.2) is 0 Å². The van der Waals surface area contributed by atoms with Crippen molar-refractivity contribution >= 4 is 29.2 Å². The third-order valence-electron chi connectivity index (χ3n) is 7.16. The SMILES string of the molecule is Cc1cc([C@H](C(=O)Nc2cccc(CCC(=O)O)c2C)C2CCCC2)c(F)cc1-c1cncc(Cl)c1. The van der Waals surface area contributed by atoms with Crippen LogP contribution in [0.3, 0.4) is 0 Å². The summed E-state index contributed by atoms with van der Waals surface area (Å²) in [5.41, 5.74) is 4.99. The number of rotatable bonds is 8. The van der Waals surface area contributed by atoms with Gasteiger partial charge in [-0.25, -0.2) is 4.39 Å². The van der Waals surface area contributed by atoms with E-state index in [0.717, 1.165) is 47.9 Å². The van der Waals surface area contributed by atoms with Gasteiger partial charge in [0.2, 0.25) is 5.91 Å². The second-order valence-corrected chi connectivity index (χ2v) is 10.0. The molecular weight excluding hydrogens is 479 g/mol. The van der Waals surface area contributed by atoms with Crippen molar-refractivity contribution in [2.24, 2.45) is 5.92 Å². The lowest BCUT2D eigenvalue weighted by atomic mass is 9.82. The molecule has 1 saturated carbocycles. The number of carbonyl (C=O) groups is 2. The van der Waals surface area contributed by atoms with Gasteiger partial charge in [0.1, 0.15) is 5.82 Å². The predicted octanol–water partition coefficient (Wildman–Crippen LogP) is 7.09. The molecule has 0 unspecified atom stereocenters. The summed E-state index contributed by atoms with van der Waals surface area (Å²) in [6.45, 7) is 3.77. The maximum absolute atomic E-state index is 15.6. The zero-order valence-corrected chi connectivity index (χ0v) is 21.2. The van der Waals surface area contributed by atoms with Crippen molar-refractivity contribution in [2.45, 2.75) is 58.3 Å². The lowest BCUT2D eigenvalue weighted by molar-refractivity contribution is -0.137. The van der Waals surface area contributed by atoms with Gasteiger partial charge in [0.05, 0.1) is 10.9 Å². The zero-order chi connectivity index (χ0) is 25.8. The summed E-state index contributed by atoms with van der Waals surface area (Å²) in [6, 6.07) is 10.5. The van der Waals surface area contributed by atoms with Crippen molar-refractivity contribution in [1.29, 1.82) is 0 Å². The van der Waals surface area contributed by atoms with Gasteiger partial charge in [0.25, 0.3) is 0 Å². The first-order chi connectivity index (χ1) is 17.2. The van der Waals surface area contributed by atoms with Gasteiger partial charge in [0, 0.05) is 35.6 Å². The summed E-state index contributed by atoms with van der Waals surface area (Å²) >= 11 is 6.09. The molecule has 0 aliphatic heterocycles. The minimum atomic E-state index is -0.868. The van der Waals surface area contributed by atoms with E-state index in [-0.39, 0.29) is 18.2 Å². The number of hydrogen-bond acceptors (Lipinski definition) is 3. The summed E-state index contributed by atoms with van der Waals surface area (Å²) in [5.74, 6) is -2.11. The Balaban J connectivity index is 1.67. The maximum Gasteiger partial charge on any atom is 0.303 e. The quantitative estimate of drug-likeness (QED) is 0.340. The molecule has 1 aliphatic carbocycles. The Morgan fingerprint density at radius 1 is 1.17 bits per heavy atom. The lowest BCUT2D eigenvalue weighted by Crippen LogP contribution is -2.28. The molecule has 0 spiro atoms. The summed E-state index contributed by atoms with van der Waals surface area (Å²) in [6.07, 6.45) is 7.35. The Morgan fingerprint density at radius 3 is 2.61 bits per heavy atom. The van der Waals surface area contributed by atoms with Crippen LogP contribution in [-0.2, 0) is 16.0 Å². The highest BCUT2D eigenvalue weighted by Crippen LogP contribution is 2.41. The number of halogens is 2. The molecule has 2 N–H and O–H groups in total. The summed E-state index contributed by atoms with van der Waals surface area (Å²) in [5, 5.41) is 12.5. The van der Waals surface area contributed by atoms with Crippen LogP contribution < -0.4 is 5.32 Å². The van der Waals surface area contributed by atoms with Crippen LogP contribution in [-0.4, -0.2) is 22.0 Å². The van der Waals surface area contributed by atoms with Crippen molar-refractivity contribution in [1.82, 2.24) is 4.98 Å². The van der Waals surface area contributed by atoms with Crippen LogP contribution in [0.4, 0.5) is 10.1 Å². The molecule has 188 valence electrons. The number of aromatic nitrogens is 1. The zero-order valence-electron chi connectivity index (χ0n) is 20.5. The Hall–Kier alpha value is -3.25. The smallest absolute Gasteiger partial charge is 0.303 e. The van der Waals surface area contributed by atoms with Crippen molar-refractivity contribution in [3.8, 4) is 11.1 Å². The number of aryl methyl sites for hydroxylation is 2. The molecule has 1 fully saturated rings. The van der Waals surface area contributed by atoms with E-state index in [9.17, 15) is 9.59 Å². The van der Waals surface area contributed by atoms with E-state index in [0.29, 0.717) is 28.3 Å². The fraction of sp³-hybridized carbons (Fsp3) is 0.345. The van der Waals surface area contributed by atoms with E-state index in [2.05, 4.69) is 10.3 Å². The predicted molar refractivity (Wildman–Crippen MR) is 140 cm³/mol. The lowest BCUT2D eigenvalue weighted by Gasteiger charge is -2.25. The fourth-order valence-electron chi connectivity index (χ4n) is 5.25. The minimum Gasteiger partial charge on any atom is -0.481 e. The number of aliphatic carboxylic acids is 1. The summed E-state index contributed by atoms with van der Waals surface area (Å²) < 4.78 is 15.6. The van der Waals surface area contributed by atoms with Crippen LogP contribution in [0.25, 0.3) is 11.1 Å². The molecule has 1 aromatic heterocycles. The molecule has 3 aromatic rings. The molecule has 0 saturated heterocycles. The molecule has 1 aliphatic rings. The topological polar surface area (TPSA) is 79.3 Å². The van der Waals surface area contributed by atoms with Crippen molar-refractivity contribution in [2.75, 3.05) is 5.32 Å². The molecule has 1 atom stereocenters. The van der Waals surface area contributed by atoms with Crippen LogP contribution in [0, 0.1) is 25.6 Å². The minimum absolute atomic E-state index is 0.0158. The van der Waals surface area contributed by atoms with Crippen LogP contribution >= 0.6 is 11.6 Å². The molecule has 1 amide bonds. The van der Waals surface area contributed by atoms with Gasteiger partial charge in [-0.2, -0.15) is 0 Å². The van der Waals surface area contributed by atoms with E-state index in [4.69, 9.17) is 16.7 Å². The first kappa shape index (κ1) is 25.8. The van der Waals surface area contributed by atoms with E-state index >= 15 is 4.39 Å². The largest absolute Gasteiger partial charge is 0.481 e. The third-order valence-corrected chi connectivity index (χ3v) is 7.37. The van der Waals surface area contributed by atoms with E-state index in [1.807, 2.05) is 26.0 Å². The Kier molecular flexibility index (Phi) is 8.04. The van der Waals surface area contributed by atoms with E-state index < -0.39 is 17.7 Å². The highest BCUT2D eigenvalue weighted by molar-refractivity contribution is 6.30. The van der Waals surface area contributed by atoms with Crippen LogP contribution in [0.1, 0.15) is 60.3 Å². The molecule has 7 heteroatoms. The van der Waals surface area contributed by atoms with Crippen LogP contribution in [0.15, 0.2) is 48.8 Å². The summed E-state index contributed by atoms with van der Waals surface area (Å²) in [4.78, 5) is 28.8. The van der Waals surface area contributed by atoms with Gasteiger partial charge in [-0.05, 0) is 79.5 Å². The average molecular weight is 509 g/mol. The van der Waals surface area contributed by atoms with Crippen molar-refractivity contribution in [3.05, 3.63) is 81.9 Å². The number of anilines is 1. The number of hydrogen-bond donors (Lipinski definition) is 2. The second kappa shape index (κ2) is 11.2.